The quantitative estimate of drug-likeness (QED) is 0.797. The number of hydrogen-bond acceptors (Lipinski definition) is 5. The number of sulfonamides is 1. The van der Waals surface area contributed by atoms with Gasteiger partial charge in [0.2, 0.25) is 10.0 Å². The van der Waals surface area contributed by atoms with Crippen LogP contribution in [0.5, 0.6) is 0 Å². The van der Waals surface area contributed by atoms with E-state index < -0.39 is 33.7 Å². The first-order valence-electron chi connectivity index (χ1n) is 7.19. The molecule has 1 atom stereocenters. The summed E-state index contributed by atoms with van der Waals surface area (Å²) in [6.45, 7) is 12.2. The van der Waals surface area contributed by atoms with Gasteiger partial charge in [0.05, 0.1) is 5.75 Å². The van der Waals surface area contributed by atoms with Gasteiger partial charge < -0.3 is 10.1 Å². The summed E-state index contributed by atoms with van der Waals surface area (Å²) in [5, 5.41) is 2.44. The maximum atomic E-state index is 12.1. The molecular formula is C14H28N2O5S. The Balaban J connectivity index is 5.06. The first-order chi connectivity index (χ1) is 9.65. The summed E-state index contributed by atoms with van der Waals surface area (Å²) in [5.41, 5.74) is -0.991. The minimum Gasteiger partial charge on any atom is -0.444 e. The Kier molecular flexibility index (Phi) is 6.87. The topological polar surface area (TPSA) is 102 Å². The van der Waals surface area contributed by atoms with Crippen molar-refractivity contribution in [3.8, 4) is 0 Å². The molecule has 0 fully saturated rings. The maximum Gasteiger partial charge on any atom is 0.408 e. The van der Waals surface area contributed by atoms with Crippen LogP contribution in [0.3, 0.4) is 0 Å². The molecule has 0 heterocycles. The molecule has 0 aliphatic carbocycles. The third-order valence-corrected chi connectivity index (χ3v) is 3.73. The van der Waals surface area contributed by atoms with Crippen LogP contribution in [0, 0.1) is 5.41 Å². The summed E-state index contributed by atoms with van der Waals surface area (Å²) in [6, 6.07) is -0.990. The lowest BCUT2D eigenvalue weighted by Crippen LogP contribution is -2.51. The number of hydrogen-bond donors (Lipinski definition) is 2. The minimum atomic E-state index is -3.68. The lowest BCUT2D eigenvalue weighted by molar-refractivity contribution is -0.122. The maximum absolute atomic E-state index is 12.1. The predicted octanol–water partition coefficient (Wildman–Crippen LogP) is 1.78. The summed E-state index contributed by atoms with van der Waals surface area (Å²) in [5.74, 6) is -0.976. The van der Waals surface area contributed by atoms with Crippen molar-refractivity contribution in [3.63, 3.8) is 0 Å². The highest BCUT2D eigenvalue weighted by Crippen LogP contribution is 2.21. The largest absolute Gasteiger partial charge is 0.444 e. The van der Waals surface area contributed by atoms with Crippen molar-refractivity contribution >= 4 is 22.0 Å². The highest BCUT2D eigenvalue weighted by molar-refractivity contribution is 7.90. The average molecular weight is 336 g/mol. The lowest BCUT2D eigenvalue weighted by Gasteiger charge is -2.27. The second kappa shape index (κ2) is 7.30. The van der Waals surface area contributed by atoms with Gasteiger partial charge >= 0.3 is 6.09 Å². The molecule has 0 aromatic rings. The van der Waals surface area contributed by atoms with Gasteiger partial charge in [0.15, 0.2) is 0 Å². The fourth-order valence-corrected chi connectivity index (χ4v) is 2.16. The van der Waals surface area contributed by atoms with Crippen LogP contribution in [0.25, 0.3) is 0 Å². The van der Waals surface area contributed by atoms with E-state index in [0.29, 0.717) is 0 Å². The van der Waals surface area contributed by atoms with Crippen molar-refractivity contribution in [3.05, 3.63) is 0 Å². The van der Waals surface area contributed by atoms with Crippen molar-refractivity contribution in [2.75, 3.05) is 5.75 Å². The monoisotopic (exact) mass is 336 g/mol. The van der Waals surface area contributed by atoms with Crippen LogP contribution in [0.2, 0.25) is 0 Å². The zero-order valence-corrected chi connectivity index (χ0v) is 15.3. The summed E-state index contributed by atoms with van der Waals surface area (Å²) in [7, 11) is -3.68. The molecule has 7 nitrogen and oxygen atoms in total. The lowest BCUT2D eigenvalue weighted by atomic mass is 9.88. The molecule has 0 aromatic carbocycles. The third kappa shape index (κ3) is 9.59. The molecule has 0 aliphatic heterocycles. The van der Waals surface area contributed by atoms with Crippen LogP contribution in [0.1, 0.15) is 54.9 Å². The Bertz CT molecular complexity index is 500. The van der Waals surface area contributed by atoms with Gasteiger partial charge in [-0.25, -0.2) is 13.2 Å². The van der Waals surface area contributed by atoms with Gasteiger partial charge in [0, 0.05) is 0 Å². The average Bonchev–Trinajstić information content (AvgIpc) is 2.23. The molecule has 1 unspecified atom stereocenters. The molecule has 0 aromatic heterocycles. The van der Waals surface area contributed by atoms with Crippen LogP contribution in [0.4, 0.5) is 4.79 Å². The minimum absolute atomic E-state index is 0.215. The Morgan fingerprint density at radius 3 is 1.95 bits per heavy atom. The second-order valence-electron chi connectivity index (χ2n) is 7.33. The van der Waals surface area contributed by atoms with Crippen LogP contribution >= 0.6 is 0 Å². The number of nitrogens with one attached hydrogen (secondary N) is 2. The number of carbonyl (C=O) groups excluding carboxylic acids is 2. The standard InChI is InChI=1S/C14H28N2O5S/c1-8-22(19,20)16-11(17)10(9-13(2,3)4)15-12(18)21-14(5,6)7/h10H,8-9H2,1-7H3,(H,15,18)(H,16,17). The van der Waals surface area contributed by atoms with Gasteiger partial charge in [-0.05, 0) is 39.5 Å². The first kappa shape index (κ1) is 20.7. The molecule has 2 amide bonds. The second-order valence-corrected chi connectivity index (χ2v) is 9.34. The highest BCUT2D eigenvalue weighted by atomic mass is 32.2. The molecule has 0 spiro atoms. The van der Waals surface area contributed by atoms with Crippen LogP contribution in [-0.2, 0) is 19.6 Å². The van der Waals surface area contributed by atoms with Crippen molar-refractivity contribution < 1.29 is 22.7 Å². The summed E-state index contributed by atoms with van der Waals surface area (Å²) >= 11 is 0. The van der Waals surface area contributed by atoms with E-state index in [4.69, 9.17) is 4.74 Å². The van der Waals surface area contributed by atoms with Gasteiger partial charge in [-0.3, -0.25) is 9.52 Å². The third-order valence-electron chi connectivity index (χ3n) is 2.46. The van der Waals surface area contributed by atoms with Crippen LogP contribution in [0.15, 0.2) is 0 Å². The fraction of sp³-hybridized carbons (Fsp3) is 0.857. The number of carbonyl (C=O) groups is 2. The number of rotatable bonds is 5. The molecule has 2 N–H and O–H groups in total. The molecule has 8 heteroatoms. The molecule has 0 saturated heterocycles. The summed E-state index contributed by atoms with van der Waals surface area (Å²) in [4.78, 5) is 24.0. The van der Waals surface area contributed by atoms with E-state index >= 15 is 0 Å². The molecule has 0 radical (unpaired) electrons. The van der Waals surface area contributed by atoms with Crippen molar-refractivity contribution in [2.45, 2.75) is 66.5 Å². The summed E-state index contributed by atoms with van der Waals surface area (Å²) in [6.07, 6.45) is -0.483. The van der Waals surface area contributed by atoms with Gasteiger partial charge in [-0.2, -0.15) is 0 Å². The molecule has 0 bridgehead atoms. The molecule has 22 heavy (non-hydrogen) atoms. The molecular weight excluding hydrogens is 308 g/mol. The van der Waals surface area contributed by atoms with E-state index in [0.717, 1.165) is 0 Å². The first-order valence-corrected chi connectivity index (χ1v) is 8.84. The zero-order valence-electron chi connectivity index (χ0n) is 14.4. The number of ether oxygens (including phenoxy) is 1. The van der Waals surface area contributed by atoms with Crippen molar-refractivity contribution in [1.29, 1.82) is 0 Å². The van der Waals surface area contributed by atoms with Gasteiger partial charge in [0.1, 0.15) is 11.6 Å². The van der Waals surface area contributed by atoms with Gasteiger partial charge in [-0.15, -0.1) is 0 Å². The van der Waals surface area contributed by atoms with Crippen molar-refractivity contribution in [2.24, 2.45) is 5.41 Å². The van der Waals surface area contributed by atoms with Gasteiger partial charge in [0.25, 0.3) is 5.91 Å². The predicted molar refractivity (Wildman–Crippen MR) is 84.8 cm³/mol. The van der Waals surface area contributed by atoms with E-state index in [2.05, 4.69) is 5.32 Å². The zero-order chi connectivity index (χ0) is 17.8. The van der Waals surface area contributed by atoms with Gasteiger partial charge in [-0.1, -0.05) is 20.8 Å². The molecule has 0 saturated carbocycles. The molecule has 0 aliphatic rings. The van der Waals surface area contributed by atoms with E-state index in [9.17, 15) is 18.0 Å². The Hall–Kier alpha value is -1.31. The SMILES string of the molecule is CCS(=O)(=O)NC(=O)C(CC(C)(C)C)NC(=O)OC(C)(C)C. The van der Waals surface area contributed by atoms with Crippen molar-refractivity contribution in [1.82, 2.24) is 10.0 Å². The van der Waals surface area contributed by atoms with Crippen LogP contribution < -0.4 is 10.0 Å². The smallest absolute Gasteiger partial charge is 0.408 e. The summed E-state index contributed by atoms with van der Waals surface area (Å²) < 4.78 is 30.1. The van der Waals surface area contributed by atoms with E-state index in [1.165, 1.54) is 6.92 Å². The van der Waals surface area contributed by atoms with E-state index in [1.54, 1.807) is 20.8 Å². The Morgan fingerprint density at radius 2 is 1.59 bits per heavy atom. The normalized spacial score (nSPS) is 14.1. The van der Waals surface area contributed by atoms with E-state index in [1.807, 2.05) is 25.5 Å². The fourth-order valence-electron chi connectivity index (χ4n) is 1.57. The Labute approximate surface area is 133 Å². The van der Waals surface area contributed by atoms with Crippen LogP contribution in [-0.4, -0.2) is 37.8 Å². The highest BCUT2D eigenvalue weighted by Gasteiger charge is 2.30. The molecule has 130 valence electrons. The molecule has 0 rings (SSSR count). The van der Waals surface area contributed by atoms with E-state index in [-0.39, 0.29) is 17.6 Å². The number of amides is 2. The Morgan fingerprint density at radius 1 is 1.09 bits per heavy atom. The number of alkyl carbamates (subject to hydrolysis) is 1.